The standard InChI is InChI=1S/C18H15N5O3S2/c1-9-11(7-19)17(21-10(2)20-9)27-8-16(24)23-18-22-12-5-13-14(6-15(12)28-18)26-4-3-25-13/h5-6H,3-4,8H2,1-2H3,(H,22,23,24). The van der Waals surface area contributed by atoms with Crippen LogP contribution in [-0.2, 0) is 4.79 Å². The first-order chi connectivity index (χ1) is 13.5. The third-order valence-electron chi connectivity index (χ3n) is 3.92. The van der Waals surface area contributed by atoms with Crippen molar-refractivity contribution in [1.82, 2.24) is 15.0 Å². The van der Waals surface area contributed by atoms with E-state index in [2.05, 4.69) is 26.3 Å². The third-order valence-corrected chi connectivity index (χ3v) is 5.83. The molecule has 1 aliphatic heterocycles. The normalized spacial score (nSPS) is 12.6. The Bertz CT molecular complexity index is 1080. The Labute approximate surface area is 168 Å². The summed E-state index contributed by atoms with van der Waals surface area (Å²) in [5, 5.41) is 13.1. The van der Waals surface area contributed by atoms with Gasteiger partial charge in [0.05, 0.1) is 21.7 Å². The first-order valence-corrected chi connectivity index (χ1v) is 10.2. The molecule has 10 heteroatoms. The van der Waals surface area contributed by atoms with Crippen molar-refractivity contribution >= 4 is 44.4 Å². The number of ether oxygens (including phenoxy) is 2. The SMILES string of the molecule is Cc1nc(C)c(C#N)c(SCC(=O)Nc2nc3cc4c(cc3s2)OCCO4)n1. The van der Waals surface area contributed by atoms with Crippen LogP contribution >= 0.6 is 23.1 Å². The second kappa shape index (κ2) is 7.61. The zero-order valence-corrected chi connectivity index (χ0v) is 16.7. The fraction of sp³-hybridized carbons (Fsp3) is 0.278. The van der Waals surface area contributed by atoms with E-state index in [1.807, 2.05) is 12.1 Å². The number of nitrogens with zero attached hydrogens (tertiary/aromatic N) is 4. The van der Waals surface area contributed by atoms with Gasteiger partial charge in [0.15, 0.2) is 16.6 Å². The van der Waals surface area contributed by atoms with Gasteiger partial charge in [-0.05, 0) is 13.8 Å². The number of rotatable bonds is 4. The van der Waals surface area contributed by atoms with E-state index in [-0.39, 0.29) is 11.7 Å². The Hall–Kier alpha value is -2.90. The molecule has 142 valence electrons. The number of benzene rings is 1. The van der Waals surface area contributed by atoms with Crippen LogP contribution in [0.3, 0.4) is 0 Å². The van der Waals surface area contributed by atoms with Crippen molar-refractivity contribution in [2.24, 2.45) is 0 Å². The maximum absolute atomic E-state index is 12.3. The number of thioether (sulfide) groups is 1. The number of carbonyl (C=O) groups excluding carboxylic acids is 1. The number of fused-ring (bicyclic) bond motifs is 2. The summed E-state index contributed by atoms with van der Waals surface area (Å²) >= 11 is 2.57. The van der Waals surface area contributed by atoms with Gasteiger partial charge in [-0.3, -0.25) is 4.79 Å². The predicted molar refractivity (Wildman–Crippen MR) is 106 cm³/mol. The van der Waals surface area contributed by atoms with E-state index < -0.39 is 0 Å². The third kappa shape index (κ3) is 3.72. The molecule has 1 aromatic carbocycles. The number of nitrogens with one attached hydrogen (secondary N) is 1. The number of aromatic nitrogens is 3. The van der Waals surface area contributed by atoms with Crippen molar-refractivity contribution in [2.75, 3.05) is 24.3 Å². The molecule has 0 unspecified atom stereocenters. The minimum Gasteiger partial charge on any atom is -0.486 e. The van der Waals surface area contributed by atoms with Gasteiger partial charge >= 0.3 is 0 Å². The molecule has 1 aliphatic rings. The topological polar surface area (TPSA) is 110 Å². The van der Waals surface area contributed by atoms with Crippen molar-refractivity contribution in [3.63, 3.8) is 0 Å². The van der Waals surface area contributed by atoms with Gasteiger partial charge in [0.1, 0.15) is 35.7 Å². The predicted octanol–water partition coefficient (Wildman–Crippen LogP) is 3.08. The molecule has 1 amide bonds. The van der Waals surface area contributed by atoms with Gasteiger partial charge in [-0.1, -0.05) is 23.1 Å². The Balaban J connectivity index is 1.46. The van der Waals surface area contributed by atoms with Crippen molar-refractivity contribution in [3.8, 4) is 17.6 Å². The molecule has 0 saturated heterocycles. The lowest BCUT2D eigenvalue weighted by atomic mass is 10.3. The quantitative estimate of drug-likeness (QED) is 0.513. The molecule has 4 rings (SSSR count). The minimum atomic E-state index is -0.223. The summed E-state index contributed by atoms with van der Waals surface area (Å²) in [7, 11) is 0. The van der Waals surface area contributed by atoms with E-state index in [4.69, 9.17) is 9.47 Å². The smallest absolute Gasteiger partial charge is 0.236 e. The molecule has 2 aromatic heterocycles. The Morgan fingerprint density at radius 2 is 2.00 bits per heavy atom. The highest BCUT2D eigenvalue weighted by Gasteiger charge is 2.17. The molecule has 0 aliphatic carbocycles. The van der Waals surface area contributed by atoms with E-state index in [0.717, 1.165) is 10.2 Å². The van der Waals surface area contributed by atoms with Crippen LogP contribution in [0.15, 0.2) is 17.2 Å². The number of hydrogen-bond donors (Lipinski definition) is 1. The molecule has 28 heavy (non-hydrogen) atoms. The Morgan fingerprint density at radius 1 is 1.25 bits per heavy atom. The van der Waals surface area contributed by atoms with Crippen molar-refractivity contribution in [1.29, 1.82) is 5.26 Å². The van der Waals surface area contributed by atoms with E-state index in [9.17, 15) is 10.1 Å². The zero-order valence-electron chi connectivity index (χ0n) is 15.1. The molecule has 0 bridgehead atoms. The summed E-state index contributed by atoms with van der Waals surface area (Å²) in [5.74, 6) is 1.81. The van der Waals surface area contributed by atoms with Crippen LogP contribution in [0.25, 0.3) is 10.2 Å². The lowest BCUT2D eigenvalue weighted by Crippen LogP contribution is -2.15. The van der Waals surface area contributed by atoms with Gasteiger partial charge in [-0.25, -0.2) is 15.0 Å². The molecule has 0 spiro atoms. The molecule has 0 radical (unpaired) electrons. The molecule has 0 fully saturated rings. The molecule has 8 nitrogen and oxygen atoms in total. The average molecular weight is 413 g/mol. The molecule has 0 atom stereocenters. The van der Waals surface area contributed by atoms with Gasteiger partial charge in [-0.15, -0.1) is 0 Å². The summed E-state index contributed by atoms with van der Waals surface area (Å²) in [6.45, 7) is 4.54. The highest BCUT2D eigenvalue weighted by atomic mass is 32.2. The van der Waals surface area contributed by atoms with E-state index >= 15 is 0 Å². The fourth-order valence-electron chi connectivity index (χ4n) is 2.72. The zero-order chi connectivity index (χ0) is 19.7. The number of anilines is 1. The van der Waals surface area contributed by atoms with Crippen molar-refractivity contribution in [2.45, 2.75) is 18.9 Å². The number of hydrogen-bond acceptors (Lipinski definition) is 9. The summed E-state index contributed by atoms with van der Waals surface area (Å²) in [5.41, 5.74) is 1.75. The molecule has 1 N–H and O–H groups in total. The summed E-state index contributed by atoms with van der Waals surface area (Å²) in [4.78, 5) is 25.2. The fourth-order valence-corrected chi connectivity index (χ4v) is 4.49. The van der Waals surface area contributed by atoms with Crippen LogP contribution in [-0.4, -0.2) is 39.8 Å². The molecule has 0 saturated carbocycles. The van der Waals surface area contributed by atoms with Crippen LogP contribution in [0, 0.1) is 25.2 Å². The van der Waals surface area contributed by atoms with Crippen LogP contribution in [0.4, 0.5) is 5.13 Å². The second-order valence-corrected chi connectivity index (χ2v) is 7.96. The minimum absolute atomic E-state index is 0.114. The monoisotopic (exact) mass is 413 g/mol. The van der Waals surface area contributed by atoms with Crippen LogP contribution in [0.1, 0.15) is 17.1 Å². The van der Waals surface area contributed by atoms with Crippen molar-refractivity contribution < 1.29 is 14.3 Å². The first-order valence-electron chi connectivity index (χ1n) is 8.41. The number of thiazole rings is 1. The van der Waals surface area contributed by atoms with Gasteiger partial charge in [-0.2, -0.15) is 5.26 Å². The Morgan fingerprint density at radius 3 is 2.75 bits per heavy atom. The van der Waals surface area contributed by atoms with E-state index in [1.165, 1.54) is 23.1 Å². The van der Waals surface area contributed by atoms with Gasteiger partial charge < -0.3 is 14.8 Å². The lowest BCUT2D eigenvalue weighted by Gasteiger charge is -2.17. The van der Waals surface area contributed by atoms with Gasteiger partial charge in [0.25, 0.3) is 0 Å². The molecular weight excluding hydrogens is 398 g/mol. The highest BCUT2D eigenvalue weighted by Crippen LogP contribution is 2.37. The molecule has 3 aromatic rings. The van der Waals surface area contributed by atoms with E-state index in [1.54, 1.807) is 13.8 Å². The highest BCUT2D eigenvalue weighted by molar-refractivity contribution is 8.00. The summed E-state index contributed by atoms with van der Waals surface area (Å²) in [6.07, 6.45) is 0. The van der Waals surface area contributed by atoms with Crippen LogP contribution in [0.2, 0.25) is 0 Å². The van der Waals surface area contributed by atoms with Crippen LogP contribution in [0.5, 0.6) is 11.5 Å². The van der Waals surface area contributed by atoms with E-state index in [0.29, 0.717) is 52.0 Å². The summed E-state index contributed by atoms with van der Waals surface area (Å²) in [6, 6.07) is 5.79. The molecular formula is C18H15N5O3S2. The second-order valence-electron chi connectivity index (χ2n) is 5.97. The number of carbonyl (C=O) groups is 1. The molecule has 3 heterocycles. The average Bonchev–Trinajstić information content (AvgIpc) is 3.04. The Kier molecular flexibility index (Phi) is 5.02. The lowest BCUT2D eigenvalue weighted by molar-refractivity contribution is -0.113. The van der Waals surface area contributed by atoms with Gasteiger partial charge in [0, 0.05) is 12.1 Å². The maximum Gasteiger partial charge on any atom is 0.236 e. The number of nitriles is 1. The maximum atomic E-state index is 12.3. The number of aryl methyl sites for hydroxylation is 2. The van der Waals surface area contributed by atoms with Crippen molar-refractivity contribution in [3.05, 3.63) is 29.2 Å². The van der Waals surface area contributed by atoms with Gasteiger partial charge in [0.2, 0.25) is 5.91 Å². The van der Waals surface area contributed by atoms with Crippen LogP contribution < -0.4 is 14.8 Å². The number of amides is 1. The first kappa shape index (κ1) is 18.5. The largest absolute Gasteiger partial charge is 0.486 e. The summed E-state index contributed by atoms with van der Waals surface area (Å²) < 4.78 is 12.0.